The Hall–Kier alpha value is -2.99. The molecule has 3 rings (SSSR count). The molecule has 0 N–H and O–H groups in total. The topological polar surface area (TPSA) is 65.5 Å². The molecule has 0 fully saturated rings. The number of benzene rings is 2. The number of halogens is 1. The van der Waals surface area contributed by atoms with Crippen LogP contribution in [0.1, 0.15) is 25.1 Å². The van der Waals surface area contributed by atoms with Crippen molar-refractivity contribution in [1.29, 1.82) is 0 Å². The summed E-state index contributed by atoms with van der Waals surface area (Å²) >= 11 is 3.41. The summed E-state index contributed by atoms with van der Waals surface area (Å²) in [5.41, 5.74) is 2.03. The highest BCUT2D eigenvalue weighted by Gasteiger charge is 2.09. The predicted molar refractivity (Wildman–Crippen MR) is 107 cm³/mol. The van der Waals surface area contributed by atoms with E-state index in [1.807, 2.05) is 30.3 Å². The van der Waals surface area contributed by atoms with Crippen molar-refractivity contribution in [2.45, 2.75) is 13.8 Å². The second kappa shape index (κ2) is 8.14. The molecular weight excluding hydrogens is 410 g/mol. The van der Waals surface area contributed by atoms with Gasteiger partial charge < -0.3 is 9.47 Å². The lowest BCUT2D eigenvalue weighted by atomic mass is 10.1. The molecule has 6 heteroatoms. The maximum atomic E-state index is 11.4. The molecule has 0 saturated carbocycles. The number of ether oxygens (including phenoxy) is 2. The van der Waals surface area contributed by atoms with E-state index in [1.165, 1.54) is 13.8 Å². The minimum absolute atomic E-state index is 0.395. The number of rotatable bonds is 4. The molecule has 0 saturated heterocycles. The van der Waals surface area contributed by atoms with Gasteiger partial charge in [0.25, 0.3) is 0 Å². The van der Waals surface area contributed by atoms with Crippen LogP contribution in [0.2, 0.25) is 0 Å². The summed E-state index contributed by atoms with van der Waals surface area (Å²) in [6.07, 6.45) is 3.56. The van der Waals surface area contributed by atoms with Gasteiger partial charge in [-0.25, -0.2) is 4.98 Å². The highest BCUT2D eigenvalue weighted by atomic mass is 79.9. The molecule has 1 heterocycles. The van der Waals surface area contributed by atoms with E-state index in [0.717, 1.165) is 9.86 Å². The molecular formula is C21H16BrNO4. The maximum absolute atomic E-state index is 11.4. The number of pyridine rings is 1. The van der Waals surface area contributed by atoms with Crippen LogP contribution >= 0.6 is 15.9 Å². The molecule has 0 spiro atoms. The quantitative estimate of drug-likeness (QED) is 0.433. The van der Waals surface area contributed by atoms with E-state index in [4.69, 9.17) is 9.47 Å². The minimum Gasteiger partial charge on any atom is -0.426 e. The van der Waals surface area contributed by atoms with Gasteiger partial charge in [0.05, 0.1) is 11.2 Å². The van der Waals surface area contributed by atoms with Crippen LogP contribution in [0.5, 0.6) is 11.5 Å². The van der Waals surface area contributed by atoms with Crippen molar-refractivity contribution in [1.82, 2.24) is 4.98 Å². The molecule has 1 aromatic heterocycles. The third kappa shape index (κ3) is 4.80. The number of hydrogen-bond donors (Lipinski definition) is 0. The molecule has 0 atom stereocenters. The molecule has 0 aliphatic rings. The minimum atomic E-state index is -0.398. The van der Waals surface area contributed by atoms with Crippen molar-refractivity contribution < 1.29 is 19.1 Å². The number of para-hydroxylation sites is 1. The van der Waals surface area contributed by atoms with Crippen LogP contribution in [0, 0.1) is 0 Å². The molecule has 2 aromatic carbocycles. The van der Waals surface area contributed by atoms with Gasteiger partial charge in [-0.05, 0) is 42.5 Å². The Morgan fingerprint density at radius 2 is 1.63 bits per heavy atom. The van der Waals surface area contributed by atoms with Crippen molar-refractivity contribution in [3.63, 3.8) is 0 Å². The zero-order chi connectivity index (χ0) is 19.4. The normalized spacial score (nSPS) is 10.9. The zero-order valence-corrected chi connectivity index (χ0v) is 16.3. The van der Waals surface area contributed by atoms with Gasteiger partial charge in [-0.1, -0.05) is 28.1 Å². The van der Waals surface area contributed by atoms with Crippen molar-refractivity contribution in [2.24, 2.45) is 0 Å². The molecule has 136 valence electrons. The lowest BCUT2D eigenvalue weighted by Crippen LogP contribution is -2.03. The van der Waals surface area contributed by atoms with Gasteiger partial charge in [0, 0.05) is 35.3 Å². The molecule has 0 amide bonds. The van der Waals surface area contributed by atoms with Gasteiger partial charge in [0.2, 0.25) is 0 Å². The summed E-state index contributed by atoms with van der Waals surface area (Å²) in [6, 6.07) is 14.5. The molecule has 0 bridgehead atoms. The largest absolute Gasteiger partial charge is 0.426 e. The third-order valence-electron chi connectivity index (χ3n) is 3.61. The number of aromatic nitrogens is 1. The van der Waals surface area contributed by atoms with Gasteiger partial charge >= 0.3 is 11.9 Å². The maximum Gasteiger partial charge on any atom is 0.308 e. The summed E-state index contributed by atoms with van der Waals surface area (Å²) in [7, 11) is 0. The van der Waals surface area contributed by atoms with Crippen LogP contribution in [0.15, 0.2) is 53.0 Å². The Morgan fingerprint density at radius 3 is 2.37 bits per heavy atom. The fourth-order valence-corrected chi connectivity index (χ4v) is 2.94. The summed E-state index contributed by atoms with van der Waals surface area (Å²) in [6.45, 7) is 2.71. The van der Waals surface area contributed by atoms with Gasteiger partial charge in [-0.2, -0.15) is 0 Å². The van der Waals surface area contributed by atoms with Crippen LogP contribution in [-0.2, 0) is 9.59 Å². The van der Waals surface area contributed by atoms with Gasteiger partial charge in [0.1, 0.15) is 11.5 Å². The Morgan fingerprint density at radius 1 is 0.926 bits per heavy atom. The summed E-state index contributed by atoms with van der Waals surface area (Å²) in [5, 5.41) is 0.757. The van der Waals surface area contributed by atoms with Crippen molar-refractivity contribution in [3.8, 4) is 11.5 Å². The average molecular weight is 426 g/mol. The molecule has 0 radical (unpaired) electrons. The van der Waals surface area contributed by atoms with Gasteiger partial charge in [-0.15, -0.1) is 0 Å². The number of fused-ring (bicyclic) bond motifs is 1. The second-order valence-electron chi connectivity index (χ2n) is 5.77. The number of carbonyl (C=O) groups is 2. The molecule has 0 aliphatic heterocycles. The van der Waals surface area contributed by atoms with Crippen LogP contribution in [0.4, 0.5) is 0 Å². The van der Waals surface area contributed by atoms with Crippen molar-refractivity contribution in [2.75, 3.05) is 0 Å². The van der Waals surface area contributed by atoms with E-state index in [2.05, 4.69) is 20.9 Å². The molecule has 0 unspecified atom stereocenters. The molecule has 27 heavy (non-hydrogen) atoms. The smallest absolute Gasteiger partial charge is 0.308 e. The van der Waals surface area contributed by atoms with E-state index in [0.29, 0.717) is 28.3 Å². The predicted octanol–water partition coefficient (Wildman–Crippen LogP) is 5.02. The van der Waals surface area contributed by atoms with Crippen LogP contribution < -0.4 is 9.47 Å². The highest BCUT2D eigenvalue weighted by molar-refractivity contribution is 9.10. The third-order valence-corrected chi connectivity index (χ3v) is 4.10. The van der Waals surface area contributed by atoms with E-state index in [9.17, 15) is 9.59 Å². The highest BCUT2D eigenvalue weighted by Crippen LogP contribution is 2.28. The number of nitrogens with zero attached hydrogens (tertiary/aromatic N) is 1. The summed E-state index contributed by atoms with van der Waals surface area (Å²) < 4.78 is 11.4. The van der Waals surface area contributed by atoms with Crippen molar-refractivity contribution >= 4 is 50.9 Å². The zero-order valence-electron chi connectivity index (χ0n) is 14.7. The standard InChI is InChI=1S/C21H16BrNO4/c1-13(24)26-20-10-8-16(22)11-15(20)7-9-17-12-21(27-14(2)25)18-5-3-4-6-19(18)23-17/h3-12H,1-2H3/b9-7+. The van der Waals surface area contributed by atoms with E-state index in [-0.39, 0.29) is 0 Å². The second-order valence-corrected chi connectivity index (χ2v) is 6.68. The molecule has 5 nitrogen and oxygen atoms in total. The summed E-state index contributed by atoms with van der Waals surface area (Å²) in [4.78, 5) is 27.3. The lowest BCUT2D eigenvalue weighted by Gasteiger charge is -2.08. The SMILES string of the molecule is CC(=O)Oc1ccc(Br)cc1/C=C/c1cc(OC(C)=O)c2ccccc2n1. The van der Waals surface area contributed by atoms with Crippen molar-refractivity contribution in [3.05, 3.63) is 64.3 Å². The first-order valence-corrected chi connectivity index (χ1v) is 8.96. The fourth-order valence-electron chi connectivity index (χ4n) is 2.56. The first-order valence-electron chi connectivity index (χ1n) is 8.16. The fraction of sp³-hybridized carbons (Fsp3) is 0.0952. The van der Waals surface area contributed by atoms with Crippen LogP contribution in [0.3, 0.4) is 0 Å². The van der Waals surface area contributed by atoms with E-state index in [1.54, 1.807) is 30.4 Å². The Labute approximate surface area is 164 Å². The Bertz CT molecular complexity index is 1060. The average Bonchev–Trinajstić information content (AvgIpc) is 2.61. The first-order chi connectivity index (χ1) is 12.9. The number of carbonyl (C=O) groups excluding carboxylic acids is 2. The molecule has 0 aliphatic carbocycles. The first kappa shape index (κ1) is 18.8. The monoisotopic (exact) mass is 425 g/mol. The number of esters is 2. The molecule has 3 aromatic rings. The van der Waals surface area contributed by atoms with E-state index < -0.39 is 11.9 Å². The summed E-state index contributed by atoms with van der Waals surface area (Å²) in [5.74, 6) is 0.100. The lowest BCUT2D eigenvalue weighted by molar-refractivity contribution is -0.132. The van der Waals surface area contributed by atoms with Crippen LogP contribution in [-0.4, -0.2) is 16.9 Å². The van der Waals surface area contributed by atoms with E-state index >= 15 is 0 Å². The van der Waals surface area contributed by atoms with Gasteiger partial charge in [-0.3, -0.25) is 9.59 Å². The van der Waals surface area contributed by atoms with Gasteiger partial charge in [0.15, 0.2) is 0 Å². The Balaban J connectivity index is 2.03. The Kier molecular flexibility index (Phi) is 5.66. The number of hydrogen-bond acceptors (Lipinski definition) is 5. The van der Waals surface area contributed by atoms with Crippen LogP contribution in [0.25, 0.3) is 23.1 Å².